The van der Waals surface area contributed by atoms with Crippen LogP contribution in [0.25, 0.3) is 0 Å². The van der Waals surface area contributed by atoms with E-state index in [-0.39, 0.29) is 0 Å². The first-order valence-electron chi connectivity index (χ1n) is 6.44. The minimum atomic E-state index is 0.799. The van der Waals surface area contributed by atoms with Crippen LogP contribution in [-0.4, -0.2) is 6.54 Å². The summed E-state index contributed by atoms with van der Waals surface area (Å²) in [6.07, 6.45) is 9.11. The van der Waals surface area contributed by atoms with E-state index < -0.39 is 0 Å². The van der Waals surface area contributed by atoms with Crippen LogP contribution < -0.4 is 10.9 Å². The highest BCUT2D eigenvalue weighted by Gasteiger charge is 2.23. The second-order valence-corrected chi connectivity index (χ2v) is 5.42. The Kier molecular flexibility index (Phi) is 3.68. The van der Waals surface area contributed by atoms with Gasteiger partial charge in [0.05, 0.1) is 0 Å². The molecule has 1 fully saturated rings. The zero-order valence-corrected chi connectivity index (χ0v) is 10.1. The van der Waals surface area contributed by atoms with E-state index in [0.29, 0.717) is 0 Å². The Bertz CT molecular complexity index is 233. The molecule has 2 atom stereocenters. The Morgan fingerprint density at radius 3 is 2.93 bits per heavy atom. The largest absolute Gasteiger partial charge is 0.329 e. The van der Waals surface area contributed by atoms with Gasteiger partial charge in [0.2, 0.25) is 0 Å². The van der Waals surface area contributed by atoms with Crippen molar-refractivity contribution in [3.63, 3.8) is 0 Å². The molecule has 15 heavy (non-hydrogen) atoms. The molecule has 1 aliphatic heterocycles. The van der Waals surface area contributed by atoms with Crippen LogP contribution in [0.2, 0.25) is 0 Å². The predicted molar refractivity (Wildman–Crippen MR) is 64.1 cm³/mol. The van der Waals surface area contributed by atoms with Crippen LogP contribution in [0, 0.1) is 17.8 Å². The highest BCUT2D eigenvalue weighted by Crippen LogP contribution is 2.33. The third-order valence-electron chi connectivity index (χ3n) is 4.10. The molecule has 2 heteroatoms. The third kappa shape index (κ3) is 2.75. The van der Waals surface area contributed by atoms with Crippen LogP contribution in [-0.2, 0) is 0 Å². The van der Waals surface area contributed by atoms with Gasteiger partial charge in [-0.15, -0.1) is 0 Å². The van der Waals surface area contributed by atoms with Crippen LogP contribution in [0.3, 0.4) is 0 Å². The molecule has 2 N–H and O–H groups in total. The summed E-state index contributed by atoms with van der Waals surface area (Å²) in [5.74, 6) is 2.62. The first-order chi connectivity index (χ1) is 7.27. The summed E-state index contributed by atoms with van der Waals surface area (Å²) in [4.78, 5) is 0. The SMILES string of the molecule is CC(C)C1CCCC2=CNNCC2CC1. The Balaban J connectivity index is 1.96. The molecule has 0 aromatic carbocycles. The summed E-state index contributed by atoms with van der Waals surface area (Å²) in [5.41, 5.74) is 8.05. The van der Waals surface area contributed by atoms with Gasteiger partial charge in [-0.05, 0) is 55.4 Å². The highest BCUT2D eigenvalue weighted by atomic mass is 15.3. The Morgan fingerprint density at radius 1 is 1.27 bits per heavy atom. The summed E-state index contributed by atoms with van der Waals surface area (Å²) < 4.78 is 0. The third-order valence-corrected chi connectivity index (χ3v) is 4.10. The van der Waals surface area contributed by atoms with Gasteiger partial charge in [-0.1, -0.05) is 13.8 Å². The second-order valence-electron chi connectivity index (χ2n) is 5.42. The van der Waals surface area contributed by atoms with Crippen molar-refractivity contribution in [1.82, 2.24) is 10.9 Å². The second kappa shape index (κ2) is 5.02. The fourth-order valence-electron chi connectivity index (χ4n) is 2.93. The summed E-state index contributed by atoms with van der Waals surface area (Å²) in [6.45, 7) is 5.88. The van der Waals surface area contributed by atoms with E-state index in [1.54, 1.807) is 5.57 Å². The first kappa shape index (κ1) is 11.0. The number of fused-ring (bicyclic) bond motifs is 1. The molecule has 2 aliphatic rings. The highest BCUT2D eigenvalue weighted by molar-refractivity contribution is 5.09. The Morgan fingerprint density at radius 2 is 2.13 bits per heavy atom. The van der Waals surface area contributed by atoms with E-state index in [1.165, 1.54) is 32.1 Å². The lowest BCUT2D eigenvalue weighted by Crippen LogP contribution is -2.38. The smallest absolute Gasteiger partial charge is 0.0214 e. The maximum Gasteiger partial charge on any atom is 0.0214 e. The van der Waals surface area contributed by atoms with Crippen molar-refractivity contribution in [2.75, 3.05) is 6.54 Å². The van der Waals surface area contributed by atoms with Gasteiger partial charge >= 0.3 is 0 Å². The van der Waals surface area contributed by atoms with Gasteiger partial charge in [-0.3, -0.25) is 0 Å². The molecule has 2 unspecified atom stereocenters. The zero-order chi connectivity index (χ0) is 10.7. The van der Waals surface area contributed by atoms with E-state index in [9.17, 15) is 0 Å². The molecule has 0 aromatic rings. The number of rotatable bonds is 1. The van der Waals surface area contributed by atoms with Gasteiger partial charge in [0.15, 0.2) is 0 Å². The lowest BCUT2D eigenvalue weighted by Gasteiger charge is -2.31. The fraction of sp³-hybridized carbons (Fsp3) is 0.846. The van der Waals surface area contributed by atoms with Crippen molar-refractivity contribution in [2.45, 2.75) is 46.0 Å². The minimum absolute atomic E-state index is 0.799. The molecular weight excluding hydrogens is 184 g/mol. The van der Waals surface area contributed by atoms with Crippen LogP contribution in [0.4, 0.5) is 0 Å². The van der Waals surface area contributed by atoms with Gasteiger partial charge in [0.1, 0.15) is 0 Å². The van der Waals surface area contributed by atoms with Gasteiger partial charge in [-0.2, -0.15) is 0 Å². The van der Waals surface area contributed by atoms with Crippen molar-refractivity contribution in [3.8, 4) is 0 Å². The standard InChI is InChI=1S/C13H24N2/c1-10(2)11-4-3-5-12-8-14-15-9-13(12)7-6-11/h8,10-11,13-15H,3-7,9H2,1-2H3. The quantitative estimate of drug-likeness (QED) is 0.692. The summed E-state index contributed by atoms with van der Waals surface area (Å²) >= 11 is 0. The van der Waals surface area contributed by atoms with E-state index in [1.807, 2.05) is 0 Å². The molecular formula is C13H24N2. The maximum absolute atomic E-state index is 3.25. The van der Waals surface area contributed by atoms with E-state index in [0.717, 1.165) is 24.3 Å². The normalized spacial score (nSPS) is 32.3. The molecule has 2 nitrogen and oxygen atoms in total. The van der Waals surface area contributed by atoms with Crippen LogP contribution in [0.1, 0.15) is 46.0 Å². The van der Waals surface area contributed by atoms with Crippen LogP contribution in [0.5, 0.6) is 0 Å². The molecule has 0 radical (unpaired) electrons. The monoisotopic (exact) mass is 208 g/mol. The van der Waals surface area contributed by atoms with E-state index in [2.05, 4.69) is 30.9 Å². The molecule has 0 amide bonds. The van der Waals surface area contributed by atoms with Gasteiger partial charge in [0, 0.05) is 12.7 Å². The van der Waals surface area contributed by atoms with Crippen molar-refractivity contribution >= 4 is 0 Å². The van der Waals surface area contributed by atoms with E-state index in [4.69, 9.17) is 0 Å². The molecule has 2 rings (SSSR count). The topological polar surface area (TPSA) is 24.1 Å². The van der Waals surface area contributed by atoms with Gasteiger partial charge in [0.25, 0.3) is 0 Å². The average molecular weight is 208 g/mol. The Labute approximate surface area is 93.5 Å². The van der Waals surface area contributed by atoms with Crippen LogP contribution in [0.15, 0.2) is 11.8 Å². The average Bonchev–Trinajstić information content (AvgIpc) is 2.18. The van der Waals surface area contributed by atoms with Crippen LogP contribution >= 0.6 is 0 Å². The van der Waals surface area contributed by atoms with Gasteiger partial charge in [-0.25, -0.2) is 5.43 Å². The number of hydrogen-bond donors (Lipinski definition) is 2. The molecule has 0 aromatic heterocycles. The van der Waals surface area contributed by atoms with Crippen molar-refractivity contribution in [2.24, 2.45) is 17.8 Å². The van der Waals surface area contributed by atoms with Gasteiger partial charge < -0.3 is 5.43 Å². The first-order valence-corrected chi connectivity index (χ1v) is 6.44. The zero-order valence-electron chi connectivity index (χ0n) is 10.1. The Hall–Kier alpha value is -0.500. The fourth-order valence-corrected chi connectivity index (χ4v) is 2.93. The van der Waals surface area contributed by atoms with Crippen molar-refractivity contribution in [1.29, 1.82) is 0 Å². The molecule has 1 saturated carbocycles. The maximum atomic E-state index is 3.25. The van der Waals surface area contributed by atoms with Crippen molar-refractivity contribution < 1.29 is 0 Å². The molecule has 1 aliphatic carbocycles. The van der Waals surface area contributed by atoms with E-state index >= 15 is 0 Å². The summed E-state index contributed by atoms with van der Waals surface area (Å²) in [7, 11) is 0. The molecule has 1 heterocycles. The lowest BCUT2D eigenvalue weighted by molar-refractivity contribution is 0.277. The predicted octanol–water partition coefficient (Wildman–Crippen LogP) is 2.83. The molecule has 86 valence electrons. The van der Waals surface area contributed by atoms with Crippen molar-refractivity contribution in [3.05, 3.63) is 11.8 Å². The number of nitrogens with one attached hydrogen (secondary N) is 2. The molecule has 0 spiro atoms. The number of hydrazine groups is 1. The molecule has 0 bridgehead atoms. The summed E-state index contributed by atoms with van der Waals surface area (Å²) in [5, 5.41) is 0. The lowest BCUT2D eigenvalue weighted by atomic mass is 9.78. The summed E-state index contributed by atoms with van der Waals surface area (Å²) in [6, 6.07) is 0. The molecule has 0 saturated heterocycles. The minimum Gasteiger partial charge on any atom is -0.329 e. The number of hydrogen-bond acceptors (Lipinski definition) is 2.